The van der Waals surface area contributed by atoms with Crippen LogP contribution in [-0.4, -0.2) is 19.1 Å². The number of nitrogens with two attached hydrogens (primary N) is 1. The monoisotopic (exact) mass is 216 g/mol. The summed E-state index contributed by atoms with van der Waals surface area (Å²) in [6, 6.07) is 4.67. The van der Waals surface area contributed by atoms with Gasteiger partial charge in [0.1, 0.15) is 24.9 Å². The Hall–Kier alpha value is -1.29. The van der Waals surface area contributed by atoms with Crippen molar-refractivity contribution in [3.05, 3.63) is 28.8 Å². The van der Waals surface area contributed by atoms with Gasteiger partial charge in [0.25, 0.3) is 0 Å². The number of amidine groups is 1. The van der Waals surface area contributed by atoms with Crippen molar-refractivity contribution in [2.24, 2.45) is 5.73 Å². The predicted octanol–water partition coefficient (Wildman–Crippen LogP) is 1.97. The lowest BCUT2D eigenvalue weighted by atomic mass is 10.2. The SMILES string of the molecule is N=C(N)c1ccc(OCCF)c(Cl)c1. The Bertz CT molecular complexity index is 344. The second-order valence-corrected chi connectivity index (χ2v) is 3.00. The quantitative estimate of drug-likeness (QED) is 0.597. The molecule has 0 atom stereocenters. The summed E-state index contributed by atoms with van der Waals surface area (Å²) >= 11 is 5.81. The Morgan fingerprint density at radius 3 is 2.79 bits per heavy atom. The Balaban J connectivity index is 2.84. The molecule has 0 radical (unpaired) electrons. The molecule has 1 aromatic carbocycles. The number of hydrogen-bond donors (Lipinski definition) is 2. The number of rotatable bonds is 4. The number of hydrogen-bond acceptors (Lipinski definition) is 2. The van der Waals surface area contributed by atoms with Gasteiger partial charge >= 0.3 is 0 Å². The van der Waals surface area contributed by atoms with Gasteiger partial charge in [-0.05, 0) is 18.2 Å². The Morgan fingerprint density at radius 1 is 1.57 bits per heavy atom. The molecule has 5 heteroatoms. The minimum Gasteiger partial charge on any atom is -0.489 e. The van der Waals surface area contributed by atoms with Gasteiger partial charge in [0.2, 0.25) is 0 Å². The molecule has 1 aromatic rings. The molecule has 0 aromatic heterocycles. The fourth-order valence-electron chi connectivity index (χ4n) is 0.934. The van der Waals surface area contributed by atoms with Gasteiger partial charge in [0.15, 0.2) is 0 Å². The van der Waals surface area contributed by atoms with Crippen molar-refractivity contribution >= 4 is 17.4 Å². The van der Waals surface area contributed by atoms with Gasteiger partial charge in [-0.3, -0.25) is 5.41 Å². The van der Waals surface area contributed by atoms with Gasteiger partial charge in [-0.15, -0.1) is 0 Å². The highest BCUT2D eigenvalue weighted by Gasteiger charge is 2.04. The summed E-state index contributed by atoms with van der Waals surface area (Å²) in [4.78, 5) is 0. The van der Waals surface area contributed by atoms with Crippen LogP contribution < -0.4 is 10.5 Å². The van der Waals surface area contributed by atoms with Crippen molar-refractivity contribution in [1.82, 2.24) is 0 Å². The summed E-state index contributed by atoms with van der Waals surface area (Å²) in [6.45, 7) is -0.593. The smallest absolute Gasteiger partial charge is 0.138 e. The van der Waals surface area contributed by atoms with Gasteiger partial charge in [0, 0.05) is 5.56 Å². The molecule has 14 heavy (non-hydrogen) atoms. The fourth-order valence-corrected chi connectivity index (χ4v) is 1.17. The first kappa shape index (κ1) is 10.8. The summed E-state index contributed by atoms with van der Waals surface area (Å²) in [7, 11) is 0. The van der Waals surface area contributed by atoms with Gasteiger partial charge in [-0.25, -0.2) is 4.39 Å². The van der Waals surface area contributed by atoms with Crippen molar-refractivity contribution in [2.75, 3.05) is 13.3 Å². The van der Waals surface area contributed by atoms with Crippen LogP contribution in [0.2, 0.25) is 5.02 Å². The molecule has 0 spiro atoms. The average Bonchev–Trinajstić information content (AvgIpc) is 2.15. The molecule has 3 N–H and O–H groups in total. The van der Waals surface area contributed by atoms with Crippen molar-refractivity contribution in [3.8, 4) is 5.75 Å². The first-order chi connectivity index (χ1) is 6.65. The van der Waals surface area contributed by atoms with Crippen LogP contribution in [0, 0.1) is 5.41 Å². The maximum absolute atomic E-state index is 11.8. The van der Waals surface area contributed by atoms with Crippen molar-refractivity contribution in [2.45, 2.75) is 0 Å². The van der Waals surface area contributed by atoms with Crippen molar-refractivity contribution in [1.29, 1.82) is 5.41 Å². The van der Waals surface area contributed by atoms with Crippen LogP contribution in [0.25, 0.3) is 0 Å². The van der Waals surface area contributed by atoms with Crippen molar-refractivity contribution in [3.63, 3.8) is 0 Å². The van der Waals surface area contributed by atoms with E-state index in [-0.39, 0.29) is 12.4 Å². The molecule has 0 unspecified atom stereocenters. The number of ether oxygens (including phenoxy) is 1. The predicted molar refractivity (Wildman–Crippen MR) is 53.9 cm³/mol. The third kappa shape index (κ3) is 2.60. The van der Waals surface area contributed by atoms with Gasteiger partial charge < -0.3 is 10.5 Å². The maximum atomic E-state index is 11.8. The molecule has 0 bridgehead atoms. The van der Waals surface area contributed by atoms with Crippen molar-refractivity contribution < 1.29 is 9.13 Å². The van der Waals surface area contributed by atoms with Crippen LogP contribution in [0.15, 0.2) is 18.2 Å². The number of alkyl halides is 1. The summed E-state index contributed by atoms with van der Waals surface area (Å²) in [5.41, 5.74) is 5.77. The van der Waals surface area contributed by atoms with E-state index < -0.39 is 6.67 Å². The molecule has 0 aliphatic rings. The zero-order valence-corrected chi connectivity index (χ0v) is 8.14. The Labute approximate surface area is 86.1 Å². The topological polar surface area (TPSA) is 59.1 Å². The van der Waals surface area contributed by atoms with Gasteiger partial charge in [0.05, 0.1) is 5.02 Å². The summed E-state index contributed by atoms with van der Waals surface area (Å²) in [5.74, 6) is 0.332. The van der Waals surface area contributed by atoms with Gasteiger partial charge in [-0.2, -0.15) is 0 Å². The Morgan fingerprint density at radius 2 is 2.29 bits per heavy atom. The summed E-state index contributed by atoms with van der Waals surface area (Å²) < 4.78 is 16.8. The molecule has 0 amide bonds. The molecule has 3 nitrogen and oxygen atoms in total. The summed E-state index contributed by atoms with van der Waals surface area (Å²) in [5, 5.41) is 7.48. The van der Waals surface area contributed by atoms with Crippen LogP contribution >= 0.6 is 11.6 Å². The summed E-state index contributed by atoms with van der Waals surface area (Å²) in [6.07, 6.45) is 0. The van der Waals surface area contributed by atoms with E-state index in [9.17, 15) is 4.39 Å². The molecule has 76 valence electrons. The first-order valence-electron chi connectivity index (χ1n) is 3.98. The lowest BCUT2D eigenvalue weighted by Gasteiger charge is -2.07. The highest BCUT2D eigenvalue weighted by molar-refractivity contribution is 6.32. The average molecular weight is 217 g/mol. The normalized spacial score (nSPS) is 9.86. The Kier molecular flexibility index (Phi) is 3.71. The number of nitrogens with one attached hydrogen (secondary N) is 1. The molecular formula is C9H10ClFN2O. The molecule has 0 fully saturated rings. The number of halogens is 2. The third-order valence-electron chi connectivity index (χ3n) is 1.58. The highest BCUT2D eigenvalue weighted by Crippen LogP contribution is 2.25. The van der Waals surface area contributed by atoms with E-state index in [1.54, 1.807) is 12.1 Å². The molecule has 0 saturated carbocycles. The van der Waals surface area contributed by atoms with E-state index in [0.29, 0.717) is 16.3 Å². The van der Waals surface area contributed by atoms with E-state index in [0.717, 1.165) is 0 Å². The maximum Gasteiger partial charge on any atom is 0.138 e. The highest BCUT2D eigenvalue weighted by atomic mass is 35.5. The lowest BCUT2D eigenvalue weighted by Crippen LogP contribution is -2.11. The zero-order valence-electron chi connectivity index (χ0n) is 7.39. The van der Waals surface area contributed by atoms with E-state index in [2.05, 4.69) is 0 Å². The molecule has 0 aliphatic carbocycles. The number of nitrogen functional groups attached to an aromatic ring is 1. The van der Waals surface area contributed by atoms with Crippen LogP contribution in [0.4, 0.5) is 4.39 Å². The van der Waals surface area contributed by atoms with E-state index in [1.165, 1.54) is 6.07 Å². The third-order valence-corrected chi connectivity index (χ3v) is 1.87. The van der Waals surface area contributed by atoms with Crippen LogP contribution in [0.5, 0.6) is 5.75 Å². The second kappa shape index (κ2) is 4.81. The molecule has 0 saturated heterocycles. The minimum atomic E-state index is -0.565. The minimum absolute atomic E-state index is 0.0286. The standard InChI is InChI=1S/C9H10ClFN2O/c10-7-5-6(9(12)13)1-2-8(7)14-4-3-11/h1-2,5H,3-4H2,(H3,12,13). The largest absolute Gasteiger partial charge is 0.489 e. The van der Waals surface area contributed by atoms with E-state index in [4.69, 9.17) is 27.5 Å². The molecule has 0 aliphatic heterocycles. The molecule has 0 heterocycles. The van der Waals surface area contributed by atoms with Crippen LogP contribution in [-0.2, 0) is 0 Å². The van der Waals surface area contributed by atoms with Crippen LogP contribution in [0.1, 0.15) is 5.56 Å². The van der Waals surface area contributed by atoms with Crippen LogP contribution in [0.3, 0.4) is 0 Å². The zero-order chi connectivity index (χ0) is 10.6. The second-order valence-electron chi connectivity index (χ2n) is 2.60. The van der Waals surface area contributed by atoms with E-state index in [1.807, 2.05) is 0 Å². The first-order valence-corrected chi connectivity index (χ1v) is 4.35. The van der Waals surface area contributed by atoms with E-state index >= 15 is 0 Å². The molecule has 1 rings (SSSR count). The lowest BCUT2D eigenvalue weighted by molar-refractivity contribution is 0.273. The molecular weight excluding hydrogens is 207 g/mol. The number of benzene rings is 1. The fraction of sp³-hybridized carbons (Fsp3) is 0.222. The van der Waals surface area contributed by atoms with Gasteiger partial charge in [-0.1, -0.05) is 11.6 Å².